The number of imidazole rings is 1. The van der Waals surface area contributed by atoms with Crippen LogP contribution in [0.25, 0.3) is 5.69 Å². The van der Waals surface area contributed by atoms with E-state index in [9.17, 15) is 9.18 Å². The van der Waals surface area contributed by atoms with E-state index in [1.54, 1.807) is 30.8 Å². The van der Waals surface area contributed by atoms with Crippen molar-refractivity contribution in [1.82, 2.24) is 14.5 Å². The van der Waals surface area contributed by atoms with Crippen LogP contribution in [0, 0.1) is 11.7 Å². The minimum absolute atomic E-state index is 0.145. The zero-order valence-electron chi connectivity index (χ0n) is 19.5. The third-order valence-corrected chi connectivity index (χ3v) is 8.53. The van der Waals surface area contributed by atoms with Gasteiger partial charge in [0.15, 0.2) is 5.16 Å². The summed E-state index contributed by atoms with van der Waals surface area (Å²) in [5, 5.41) is 1.88. The molecular weight excluding hydrogens is 492 g/mol. The second-order valence-corrected chi connectivity index (χ2v) is 11.1. The highest BCUT2D eigenvalue weighted by molar-refractivity contribution is 7.99. The van der Waals surface area contributed by atoms with Gasteiger partial charge < -0.3 is 4.90 Å². The molecule has 2 aromatic carbocycles. The highest BCUT2D eigenvalue weighted by Crippen LogP contribution is 2.38. The molecule has 1 aromatic heterocycles. The summed E-state index contributed by atoms with van der Waals surface area (Å²) in [6.45, 7) is 7.49. The van der Waals surface area contributed by atoms with Crippen LogP contribution in [0.15, 0.2) is 53.8 Å². The van der Waals surface area contributed by atoms with Gasteiger partial charge in [-0.25, -0.2) is 9.37 Å². The molecule has 0 bridgehead atoms. The van der Waals surface area contributed by atoms with Crippen molar-refractivity contribution in [3.05, 3.63) is 75.8 Å². The molecule has 1 aliphatic heterocycles. The van der Waals surface area contributed by atoms with Crippen LogP contribution in [0.3, 0.4) is 0 Å². The van der Waals surface area contributed by atoms with Crippen LogP contribution in [-0.4, -0.2) is 39.2 Å². The van der Waals surface area contributed by atoms with E-state index >= 15 is 0 Å². The largest absolute Gasteiger partial charge is 0.343 e. The number of piperidine rings is 1. The summed E-state index contributed by atoms with van der Waals surface area (Å²) in [5.41, 5.74) is 2.42. The molecule has 8 heteroatoms. The molecule has 1 fully saturated rings. The molecule has 4 rings (SSSR count). The van der Waals surface area contributed by atoms with Crippen molar-refractivity contribution >= 4 is 40.9 Å². The van der Waals surface area contributed by atoms with E-state index in [4.69, 9.17) is 28.2 Å². The van der Waals surface area contributed by atoms with Gasteiger partial charge >= 0.3 is 0 Å². The van der Waals surface area contributed by atoms with Crippen molar-refractivity contribution < 1.29 is 9.18 Å². The monoisotopic (exact) mass is 519 g/mol. The number of hydrogen-bond donors (Lipinski definition) is 0. The molecule has 1 saturated heterocycles. The fraction of sp³-hybridized carbons (Fsp3) is 0.385. The first kappa shape index (κ1) is 25.1. The molecule has 3 aromatic rings. The van der Waals surface area contributed by atoms with Gasteiger partial charge in [0, 0.05) is 36.9 Å². The molecule has 0 atom stereocenters. The van der Waals surface area contributed by atoms with Crippen LogP contribution in [0.5, 0.6) is 0 Å². The van der Waals surface area contributed by atoms with Gasteiger partial charge in [-0.2, -0.15) is 0 Å². The molecule has 0 N–H and O–H groups in total. The lowest BCUT2D eigenvalue weighted by molar-refractivity contribution is -0.130. The number of carbonyl (C=O) groups excluding carboxylic acids is 1. The number of benzene rings is 2. The number of rotatable bonds is 6. The number of carbonyl (C=O) groups is 1. The molecule has 0 saturated carbocycles. The van der Waals surface area contributed by atoms with E-state index in [0.717, 1.165) is 53.8 Å². The number of thioether (sulfide) groups is 1. The van der Waals surface area contributed by atoms with Crippen molar-refractivity contribution in [2.75, 3.05) is 18.8 Å². The average molecular weight is 521 g/mol. The van der Waals surface area contributed by atoms with Gasteiger partial charge in [0.2, 0.25) is 5.91 Å². The Bertz CT molecular complexity index is 1170. The Balaban J connectivity index is 1.64. The molecule has 0 radical (unpaired) electrons. The maximum absolute atomic E-state index is 13.7. The molecule has 34 heavy (non-hydrogen) atoms. The lowest BCUT2D eigenvalue weighted by atomic mass is 9.81. The third-order valence-electron chi connectivity index (χ3n) is 6.60. The fourth-order valence-corrected chi connectivity index (χ4v) is 5.83. The Labute approximate surface area is 214 Å². The summed E-state index contributed by atoms with van der Waals surface area (Å²) in [6.07, 6.45) is 3.88. The van der Waals surface area contributed by atoms with Gasteiger partial charge in [0.1, 0.15) is 5.82 Å². The average Bonchev–Trinajstić information content (AvgIpc) is 3.25. The molecule has 2 heterocycles. The number of aromatic nitrogens is 2. The van der Waals surface area contributed by atoms with Crippen molar-refractivity contribution in [1.29, 1.82) is 0 Å². The Morgan fingerprint density at radius 3 is 2.41 bits per heavy atom. The van der Waals surface area contributed by atoms with E-state index in [1.165, 1.54) is 12.1 Å². The Kier molecular flexibility index (Phi) is 7.60. The summed E-state index contributed by atoms with van der Waals surface area (Å²) < 4.78 is 15.8. The van der Waals surface area contributed by atoms with Crippen LogP contribution >= 0.6 is 35.0 Å². The molecule has 0 spiro atoms. The van der Waals surface area contributed by atoms with Crippen LogP contribution in [0.1, 0.15) is 44.9 Å². The van der Waals surface area contributed by atoms with Gasteiger partial charge in [-0.15, -0.1) is 0 Å². The predicted octanol–water partition coefficient (Wildman–Crippen LogP) is 6.99. The zero-order valence-corrected chi connectivity index (χ0v) is 21.9. The smallest absolute Gasteiger partial charge is 0.219 e. The summed E-state index contributed by atoms with van der Waals surface area (Å²) >= 11 is 14.2. The first-order chi connectivity index (χ1) is 16.2. The maximum atomic E-state index is 13.7. The molecule has 1 amide bonds. The Hall–Kier alpha value is -2.02. The lowest BCUT2D eigenvalue weighted by Gasteiger charge is -2.31. The SMILES string of the molecule is CC(=O)N1CCC(CSc2ncc(C(C)(C)c3ccc(Cl)c(Cl)c3)n2-c2ccc(F)cc2)CC1. The summed E-state index contributed by atoms with van der Waals surface area (Å²) in [6, 6.07) is 12.2. The van der Waals surface area contributed by atoms with Gasteiger partial charge in [-0.05, 0) is 60.7 Å². The second-order valence-electron chi connectivity index (χ2n) is 9.25. The van der Waals surface area contributed by atoms with Crippen LogP contribution in [0.4, 0.5) is 4.39 Å². The van der Waals surface area contributed by atoms with Gasteiger partial charge in [0.25, 0.3) is 0 Å². The molecule has 4 nitrogen and oxygen atoms in total. The standard InChI is InChI=1S/C26H28Cl2FN3OS/c1-17(33)31-12-10-18(11-13-31)16-34-25-30-15-24(32(25)21-7-5-20(29)6-8-21)26(2,3)19-4-9-22(27)23(28)14-19/h4-9,14-15,18H,10-13,16H2,1-3H3. The highest BCUT2D eigenvalue weighted by atomic mass is 35.5. The molecular formula is C26H28Cl2FN3OS. The van der Waals surface area contributed by atoms with E-state index in [2.05, 4.69) is 18.4 Å². The predicted molar refractivity (Wildman–Crippen MR) is 138 cm³/mol. The van der Waals surface area contributed by atoms with Gasteiger partial charge in [-0.1, -0.05) is 54.9 Å². The topological polar surface area (TPSA) is 38.1 Å². The molecule has 0 unspecified atom stereocenters. The lowest BCUT2D eigenvalue weighted by Crippen LogP contribution is -2.37. The first-order valence-electron chi connectivity index (χ1n) is 11.3. The van der Waals surface area contributed by atoms with Crippen molar-refractivity contribution in [2.45, 2.75) is 44.2 Å². The minimum Gasteiger partial charge on any atom is -0.343 e. The molecule has 180 valence electrons. The van der Waals surface area contributed by atoms with E-state index in [1.807, 2.05) is 29.3 Å². The number of hydrogen-bond acceptors (Lipinski definition) is 3. The van der Waals surface area contributed by atoms with Gasteiger partial charge in [-0.3, -0.25) is 9.36 Å². The van der Waals surface area contributed by atoms with E-state index in [-0.39, 0.29) is 11.7 Å². The van der Waals surface area contributed by atoms with E-state index < -0.39 is 5.41 Å². The number of likely N-dealkylation sites (tertiary alicyclic amines) is 1. The zero-order chi connectivity index (χ0) is 24.5. The summed E-state index contributed by atoms with van der Waals surface area (Å²) in [7, 11) is 0. The van der Waals surface area contributed by atoms with Gasteiger partial charge in [0.05, 0.1) is 21.9 Å². The summed E-state index contributed by atoms with van der Waals surface area (Å²) in [5.74, 6) is 1.30. The van der Waals surface area contributed by atoms with Crippen LogP contribution < -0.4 is 0 Å². The van der Waals surface area contributed by atoms with Crippen molar-refractivity contribution in [3.63, 3.8) is 0 Å². The normalized spacial score (nSPS) is 15.1. The molecule has 1 aliphatic rings. The van der Waals surface area contributed by atoms with E-state index in [0.29, 0.717) is 16.0 Å². The fourth-order valence-electron chi connectivity index (χ4n) is 4.36. The third kappa shape index (κ3) is 5.29. The number of nitrogens with zero attached hydrogens (tertiary/aromatic N) is 3. The minimum atomic E-state index is -0.429. The maximum Gasteiger partial charge on any atom is 0.219 e. The first-order valence-corrected chi connectivity index (χ1v) is 13.1. The molecule has 0 aliphatic carbocycles. The Morgan fingerprint density at radius 2 is 1.79 bits per heavy atom. The number of amides is 1. The highest BCUT2D eigenvalue weighted by Gasteiger charge is 2.30. The number of halogens is 3. The summed E-state index contributed by atoms with van der Waals surface area (Å²) in [4.78, 5) is 18.3. The van der Waals surface area contributed by atoms with Crippen molar-refractivity contribution in [2.24, 2.45) is 5.92 Å². The van der Waals surface area contributed by atoms with Crippen LogP contribution in [-0.2, 0) is 10.2 Å². The second kappa shape index (κ2) is 10.3. The van der Waals surface area contributed by atoms with Crippen LogP contribution in [0.2, 0.25) is 10.0 Å². The van der Waals surface area contributed by atoms with Crippen molar-refractivity contribution in [3.8, 4) is 5.69 Å². The quantitative estimate of drug-likeness (QED) is 0.329. The Morgan fingerprint density at radius 1 is 1.12 bits per heavy atom.